The number of carbonyl (C=O) groups is 2. The lowest BCUT2D eigenvalue weighted by molar-refractivity contribution is -0.148. The fourth-order valence-corrected chi connectivity index (χ4v) is 3.66. The molecular formula is C19H25N5O4. The van der Waals surface area contributed by atoms with Crippen molar-refractivity contribution in [2.75, 3.05) is 13.7 Å². The van der Waals surface area contributed by atoms with Gasteiger partial charge in [0.1, 0.15) is 6.04 Å². The third kappa shape index (κ3) is 3.75. The number of hydrogen-bond acceptors (Lipinski definition) is 6. The number of amides is 1. The molecule has 0 saturated carbocycles. The number of hydrogen-bond donors (Lipinski definition) is 1. The Morgan fingerprint density at radius 2 is 1.86 bits per heavy atom. The summed E-state index contributed by atoms with van der Waals surface area (Å²) in [6, 6.07) is 1.02. The molecule has 2 unspecified atom stereocenters. The van der Waals surface area contributed by atoms with Gasteiger partial charge in [-0.1, -0.05) is 0 Å². The smallest absolute Gasteiger partial charge is 0.326 e. The first kappa shape index (κ1) is 19.9. The van der Waals surface area contributed by atoms with Crippen LogP contribution < -0.4 is 0 Å². The lowest BCUT2D eigenvalue weighted by Gasteiger charge is -2.21. The third-order valence-electron chi connectivity index (χ3n) is 5.13. The Morgan fingerprint density at radius 3 is 2.43 bits per heavy atom. The number of likely N-dealkylation sites (tertiary alicyclic amines) is 1. The molecule has 2 aromatic heterocycles. The first-order valence-corrected chi connectivity index (χ1v) is 9.14. The lowest BCUT2D eigenvalue weighted by Crippen LogP contribution is -2.41. The molecule has 3 heterocycles. The Hall–Kier alpha value is -2.81. The van der Waals surface area contributed by atoms with Crippen molar-refractivity contribution in [2.45, 2.75) is 52.7 Å². The van der Waals surface area contributed by atoms with Crippen molar-refractivity contribution in [3.8, 4) is 5.95 Å². The molecule has 2 atom stereocenters. The number of aryl methyl sites for hydroxylation is 3. The van der Waals surface area contributed by atoms with Crippen LogP contribution in [-0.4, -0.2) is 67.4 Å². The SMILES string of the molecule is COC1CC(C(=O)O)N(C(=O)Cc2c(C)nn(-c3nc(C)cc(C)n3)c2C)C1. The number of aliphatic carboxylic acids is 1. The van der Waals surface area contributed by atoms with Gasteiger partial charge in [-0.3, -0.25) is 4.79 Å². The zero-order chi connectivity index (χ0) is 20.6. The van der Waals surface area contributed by atoms with E-state index in [2.05, 4.69) is 15.1 Å². The maximum atomic E-state index is 12.9. The molecule has 0 aliphatic carbocycles. The van der Waals surface area contributed by atoms with Crippen LogP contribution in [-0.2, 0) is 20.7 Å². The summed E-state index contributed by atoms with van der Waals surface area (Å²) >= 11 is 0. The molecule has 9 nitrogen and oxygen atoms in total. The maximum absolute atomic E-state index is 12.9. The molecule has 0 bridgehead atoms. The van der Waals surface area contributed by atoms with E-state index in [0.29, 0.717) is 18.1 Å². The van der Waals surface area contributed by atoms with Crippen LogP contribution in [0.4, 0.5) is 0 Å². The number of nitrogens with zero attached hydrogens (tertiary/aromatic N) is 5. The predicted molar refractivity (Wildman–Crippen MR) is 100 cm³/mol. The zero-order valence-electron chi connectivity index (χ0n) is 16.8. The molecule has 3 rings (SSSR count). The first-order valence-electron chi connectivity index (χ1n) is 9.14. The monoisotopic (exact) mass is 387 g/mol. The number of carboxylic acids is 1. The van der Waals surface area contributed by atoms with Gasteiger partial charge in [-0.25, -0.2) is 19.4 Å². The van der Waals surface area contributed by atoms with Crippen LogP contribution in [0.1, 0.15) is 34.8 Å². The molecule has 0 aromatic carbocycles. The minimum absolute atomic E-state index is 0.0721. The molecule has 1 aliphatic heterocycles. The number of ether oxygens (including phenoxy) is 1. The number of carbonyl (C=O) groups excluding carboxylic acids is 1. The molecule has 1 saturated heterocycles. The second-order valence-electron chi connectivity index (χ2n) is 7.18. The van der Waals surface area contributed by atoms with Gasteiger partial charge in [0.25, 0.3) is 5.95 Å². The van der Waals surface area contributed by atoms with Gasteiger partial charge in [-0.2, -0.15) is 5.10 Å². The Kier molecular flexibility index (Phi) is 5.46. The average molecular weight is 387 g/mol. The Balaban J connectivity index is 1.88. The van der Waals surface area contributed by atoms with E-state index in [9.17, 15) is 14.7 Å². The van der Waals surface area contributed by atoms with E-state index in [1.807, 2.05) is 33.8 Å². The first-order chi connectivity index (χ1) is 13.2. The standard InChI is InChI=1S/C19H25N5O4/c1-10-6-11(2)21-19(20-10)24-13(4)15(12(3)22-24)8-17(25)23-9-14(28-5)7-16(23)18(26)27/h6,14,16H,7-9H2,1-5H3,(H,26,27). The van der Waals surface area contributed by atoms with Crippen LogP contribution in [0, 0.1) is 27.7 Å². The lowest BCUT2D eigenvalue weighted by atomic mass is 10.1. The van der Waals surface area contributed by atoms with Gasteiger partial charge in [-0.15, -0.1) is 0 Å². The second-order valence-corrected chi connectivity index (χ2v) is 7.18. The minimum atomic E-state index is -1.01. The normalized spacial score (nSPS) is 19.2. The van der Waals surface area contributed by atoms with Crippen molar-refractivity contribution < 1.29 is 19.4 Å². The average Bonchev–Trinajstić information content (AvgIpc) is 3.17. The fraction of sp³-hybridized carbons (Fsp3) is 0.526. The summed E-state index contributed by atoms with van der Waals surface area (Å²) in [6.07, 6.45) is 0.104. The van der Waals surface area contributed by atoms with Crippen LogP contribution in [0.2, 0.25) is 0 Å². The highest BCUT2D eigenvalue weighted by Crippen LogP contribution is 2.23. The molecule has 9 heteroatoms. The number of methoxy groups -OCH3 is 1. The number of carboxylic acid groups (broad SMARTS) is 1. The van der Waals surface area contributed by atoms with Crippen LogP contribution in [0.5, 0.6) is 0 Å². The predicted octanol–water partition coefficient (Wildman–Crippen LogP) is 1.14. The largest absolute Gasteiger partial charge is 0.480 e. The van der Waals surface area contributed by atoms with Crippen molar-refractivity contribution in [2.24, 2.45) is 0 Å². The molecule has 1 aliphatic rings. The summed E-state index contributed by atoms with van der Waals surface area (Å²) in [5.41, 5.74) is 3.89. The number of aromatic nitrogens is 4. The summed E-state index contributed by atoms with van der Waals surface area (Å²) < 4.78 is 6.90. The van der Waals surface area contributed by atoms with Gasteiger partial charge >= 0.3 is 5.97 Å². The minimum Gasteiger partial charge on any atom is -0.480 e. The van der Waals surface area contributed by atoms with Crippen LogP contribution in [0.15, 0.2) is 6.07 Å². The topological polar surface area (TPSA) is 110 Å². The highest BCUT2D eigenvalue weighted by molar-refractivity contribution is 5.86. The van der Waals surface area contributed by atoms with Crippen LogP contribution >= 0.6 is 0 Å². The van der Waals surface area contributed by atoms with Gasteiger partial charge < -0.3 is 14.7 Å². The van der Waals surface area contributed by atoms with Gasteiger partial charge in [-0.05, 0) is 33.8 Å². The van der Waals surface area contributed by atoms with Crippen molar-refractivity contribution in [1.82, 2.24) is 24.6 Å². The van der Waals surface area contributed by atoms with Gasteiger partial charge in [0.15, 0.2) is 0 Å². The maximum Gasteiger partial charge on any atom is 0.326 e. The Labute approximate surface area is 163 Å². The zero-order valence-corrected chi connectivity index (χ0v) is 16.8. The highest BCUT2D eigenvalue weighted by atomic mass is 16.5. The van der Waals surface area contributed by atoms with Crippen molar-refractivity contribution in [3.05, 3.63) is 34.4 Å². The van der Waals surface area contributed by atoms with Gasteiger partial charge in [0.2, 0.25) is 5.91 Å². The van der Waals surface area contributed by atoms with Crippen LogP contribution in [0.25, 0.3) is 5.95 Å². The van der Waals surface area contributed by atoms with Crippen molar-refractivity contribution >= 4 is 11.9 Å². The van der Waals surface area contributed by atoms with E-state index < -0.39 is 12.0 Å². The molecule has 0 radical (unpaired) electrons. The van der Waals surface area contributed by atoms with Crippen LogP contribution in [0.3, 0.4) is 0 Å². The molecule has 1 N–H and O–H groups in total. The van der Waals surface area contributed by atoms with E-state index in [1.54, 1.807) is 4.68 Å². The van der Waals surface area contributed by atoms with Crippen molar-refractivity contribution in [3.63, 3.8) is 0 Å². The summed E-state index contributed by atoms with van der Waals surface area (Å²) in [4.78, 5) is 34.7. The van der Waals surface area contributed by atoms with E-state index in [1.165, 1.54) is 12.0 Å². The summed E-state index contributed by atoms with van der Waals surface area (Å²) in [5, 5.41) is 14.0. The van der Waals surface area contributed by atoms with E-state index in [4.69, 9.17) is 4.74 Å². The Bertz CT molecular complexity index is 903. The molecular weight excluding hydrogens is 362 g/mol. The summed E-state index contributed by atoms with van der Waals surface area (Å²) in [6.45, 7) is 7.74. The van der Waals surface area contributed by atoms with E-state index in [0.717, 1.165) is 22.6 Å². The van der Waals surface area contributed by atoms with Crippen molar-refractivity contribution in [1.29, 1.82) is 0 Å². The molecule has 150 valence electrons. The molecule has 1 fully saturated rings. The summed E-state index contributed by atoms with van der Waals surface area (Å²) in [7, 11) is 1.53. The van der Waals surface area contributed by atoms with E-state index >= 15 is 0 Å². The Morgan fingerprint density at radius 1 is 1.21 bits per heavy atom. The molecule has 0 spiro atoms. The fourth-order valence-electron chi connectivity index (χ4n) is 3.66. The molecule has 1 amide bonds. The molecule has 28 heavy (non-hydrogen) atoms. The van der Waals surface area contributed by atoms with E-state index in [-0.39, 0.29) is 25.0 Å². The number of rotatable bonds is 5. The second kappa shape index (κ2) is 7.67. The molecule has 2 aromatic rings. The highest BCUT2D eigenvalue weighted by Gasteiger charge is 2.40. The summed E-state index contributed by atoms with van der Waals surface area (Å²) in [5.74, 6) is -0.805. The van der Waals surface area contributed by atoms with Gasteiger partial charge in [0.05, 0.1) is 18.2 Å². The third-order valence-corrected chi connectivity index (χ3v) is 5.13. The quantitative estimate of drug-likeness (QED) is 0.819. The van der Waals surface area contributed by atoms with Gasteiger partial charge in [0, 0.05) is 42.7 Å².